The van der Waals surface area contributed by atoms with Crippen LogP contribution < -0.4 is 0 Å². The van der Waals surface area contributed by atoms with Crippen LogP contribution >= 0.6 is 12.4 Å². The fourth-order valence-corrected chi connectivity index (χ4v) is 2.08. The summed E-state index contributed by atoms with van der Waals surface area (Å²) in [7, 11) is 0. The zero-order chi connectivity index (χ0) is 11.5. The van der Waals surface area contributed by atoms with Crippen LogP contribution in [0.1, 0.15) is 5.56 Å². The highest BCUT2D eigenvalue weighted by atomic mass is 35.5. The molecule has 0 aliphatic carbocycles. The predicted octanol–water partition coefficient (Wildman–Crippen LogP) is 3.70. The van der Waals surface area contributed by atoms with Crippen LogP contribution in [0.4, 0.5) is 0 Å². The minimum Gasteiger partial charge on any atom is -0.330 e. The molecular weight excluding hydrogens is 244 g/mol. The number of halogens is 1. The minimum atomic E-state index is 0. The Morgan fingerprint density at radius 1 is 0.889 bits per heavy atom. The van der Waals surface area contributed by atoms with Crippen molar-refractivity contribution in [3.63, 3.8) is 0 Å². The van der Waals surface area contributed by atoms with Gasteiger partial charge in [-0.2, -0.15) is 0 Å². The molecule has 0 aliphatic heterocycles. The number of rotatable bonds is 3. The molecule has 0 bridgehead atoms. The van der Waals surface area contributed by atoms with Gasteiger partial charge in [0.25, 0.3) is 0 Å². The van der Waals surface area contributed by atoms with Crippen LogP contribution in [0.5, 0.6) is 0 Å². The lowest BCUT2D eigenvalue weighted by molar-refractivity contribution is 0.716. The molecule has 0 N–H and O–H groups in total. The van der Waals surface area contributed by atoms with Gasteiger partial charge in [0, 0.05) is 6.54 Å². The third-order valence-electron chi connectivity index (χ3n) is 3.01. The van der Waals surface area contributed by atoms with Crippen LogP contribution in [0.15, 0.2) is 60.9 Å². The Morgan fingerprint density at radius 3 is 2.44 bits per heavy atom. The first-order valence-corrected chi connectivity index (χ1v) is 5.87. The van der Waals surface area contributed by atoms with Gasteiger partial charge in [0.1, 0.15) is 0 Å². The maximum atomic E-state index is 4.39. The van der Waals surface area contributed by atoms with Crippen molar-refractivity contribution in [3.05, 3.63) is 66.5 Å². The van der Waals surface area contributed by atoms with Gasteiger partial charge in [0.15, 0.2) is 0 Å². The predicted molar refractivity (Wildman–Crippen MR) is 77.1 cm³/mol. The maximum absolute atomic E-state index is 4.39. The number of hydrogen-bond donors (Lipinski definition) is 0. The van der Waals surface area contributed by atoms with Crippen molar-refractivity contribution in [2.45, 2.75) is 13.0 Å². The number of fused-ring (bicyclic) bond motifs is 1. The van der Waals surface area contributed by atoms with E-state index in [-0.39, 0.29) is 12.4 Å². The topological polar surface area (TPSA) is 17.8 Å². The SMILES string of the molecule is Cl.c1ccc(CCn2cnc3ccccc32)cc1. The van der Waals surface area contributed by atoms with Crippen molar-refractivity contribution in [1.29, 1.82) is 0 Å². The van der Waals surface area contributed by atoms with E-state index in [1.54, 1.807) is 0 Å². The lowest BCUT2D eigenvalue weighted by Gasteiger charge is -2.04. The lowest BCUT2D eigenvalue weighted by atomic mass is 10.1. The average Bonchev–Trinajstić information content (AvgIpc) is 2.81. The molecule has 0 fully saturated rings. The van der Waals surface area contributed by atoms with Crippen molar-refractivity contribution in [1.82, 2.24) is 9.55 Å². The van der Waals surface area contributed by atoms with E-state index >= 15 is 0 Å². The van der Waals surface area contributed by atoms with Gasteiger partial charge >= 0.3 is 0 Å². The van der Waals surface area contributed by atoms with Crippen molar-refractivity contribution in [2.75, 3.05) is 0 Å². The highest BCUT2D eigenvalue weighted by Gasteiger charge is 2.00. The molecule has 18 heavy (non-hydrogen) atoms. The summed E-state index contributed by atoms with van der Waals surface area (Å²) in [5.41, 5.74) is 3.65. The summed E-state index contributed by atoms with van der Waals surface area (Å²) in [6.45, 7) is 0.977. The Labute approximate surface area is 113 Å². The number of aryl methyl sites for hydroxylation is 2. The van der Waals surface area contributed by atoms with Crippen LogP contribution in [0.2, 0.25) is 0 Å². The Bertz CT molecular complexity index is 616. The average molecular weight is 259 g/mol. The normalized spacial score (nSPS) is 10.2. The largest absolute Gasteiger partial charge is 0.330 e. The molecule has 0 aliphatic rings. The molecule has 0 unspecified atom stereocenters. The molecule has 3 heteroatoms. The molecule has 0 saturated heterocycles. The molecule has 0 radical (unpaired) electrons. The second kappa shape index (κ2) is 5.69. The van der Waals surface area contributed by atoms with E-state index in [2.05, 4.69) is 52.0 Å². The van der Waals surface area contributed by atoms with Gasteiger partial charge in [0.2, 0.25) is 0 Å². The first-order chi connectivity index (χ1) is 8.43. The van der Waals surface area contributed by atoms with E-state index in [9.17, 15) is 0 Å². The van der Waals surface area contributed by atoms with E-state index in [1.807, 2.05) is 18.5 Å². The van der Waals surface area contributed by atoms with Gasteiger partial charge in [0.05, 0.1) is 17.4 Å². The summed E-state index contributed by atoms with van der Waals surface area (Å²) < 4.78 is 2.21. The molecule has 0 amide bonds. The third kappa shape index (κ3) is 2.54. The summed E-state index contributed by atoms with van der Waals surface area (Å²) in [5, 5.41) is 0. The fraction of sp³-hybridized carbons (Fsp3) is 0.133. The van der Waals surface area contributed by atoms with Gasteiger partial charge in [-0.25, -0.2) is 4.98 Å². The molecule has 3 rings (SSSR count). The van der Waals surface area contributed by atoms with Gasteiger partial charge in [-0.1, -0.05) is 42.5 Å². The van der Waals surface area contributed by atoms with E-state index in [0.717, 1.165) is 18.5 Å². The van der Waals surface area contributed by atoms with E-state index in [1.165, 1.54) is 11.1 Å². The number of hydrogen-bond acceptors (Lipinski definition) is 1. The zero-order valence-corrected chi connectivity index (χ0v) is 10.8. The van der Waals surface area contributed by atoms with Crippen LogP contribution in [0, 0.1) is 0 Å². The number of benzene rings is 2. The van der Waals surface area contributed by atoms with Crippen LogP contribution in [0.3, 0.4) is 0 Å². The Balaban J connectivity index is 0.00000120. The summed E-state index contributed by atoms with van der Waals surface area (Å²) in [4.78, 5) is 4.39. The second-order valence-corrected chi connectivity index (χ2v) is 4.16. The zero-order valence-electron chi connectivity index (χ0n) is 9.99. The highest BCUT2D eigenvalue weighted by molar-refractivity contribution is 5.85. The molecule has 0 atom stereocenters. The van der Waals surface area contributed by atoms with E-state index < -0.39 is 0 Å². The Kier molecular flexibility index (Phi) is 4.00. The van der Waals surface area contributed by atoms with Crippen LogP contribution in [0.25, 0.3) is 11.0 Å². The van der Waals surface area contributed by atoms with Gasteiger partial charge < -0.3 is 4.57 Å². The Morgan fingerprint density at radius 2 is 1.61 bits per heavy atom. The standard InChI is InChI=1S/C15H14N2.ClH/c1-2-6-13(7-3-1)10-11-17-12-16-14-8-4-5-9-15(14)17;/h1-9,12H,10-11H2;1H. The number of nitrogens with zero attached hydrogens (tertiary/aromatic N) is 2. The monoisotopic (exact) mass is 258 g/mol. The van der Waals surface area contributed by atoms with Crippen LogP contribution in [-0.4, -0.2) is 9.55 Å². The molecule has 0 saturated carbocycles. The lowest BCUT2D eigenvalue weighted by Crippen LogP contribution is -1.99. The van der Waals surface area contributed by atoms with E-state index in [0.29, 0.717) is 0 Å². The first-order valence-electron chi connectivity index (χ1n) is 5.87. The van der Waals surface area contributed by atoms with Gasteiger partial charge in [-0.3, -0.25) is 0 Å². The molecule has 1 heterocycles. The summed E-state index contributed by atoms with van der Waals surface area (Å²) in [5.74, 6) is 0. The van der Waals surface area contributed by atoms with Crippen molar-refractivity contribution in [2.24, 2.45) is 0 Å². The molecule has 92 valence electrons. The molecule has 2 nitrogen and oxygen atoms in total. The van der Waals surface area contributed by atoms with Gasteiger partial charge in [-0.15, -0.1) is 12.4 Å². The highest BCUT2D eigenvalue weighted by Crippen LogP contribution is 2.12. The fourth-order valence-electron chi connectivity index (χ4n) is 2.08. The first kappa shape index (κ1) is 12.7. The molecule has 2 aromatic carbocycles. The van der Waals surface area contributed by atoms with Gasteiger partial charge in [-0.05, 0) is 24.1 Å². The molecule has 3 aromatic rings. The number of imidazole rings is 1. The minimum absolute atomic E-state index is 0. The number of para-hydroxylation sites is 2. The Hall–Kier alpha value is -1.80. The van der Waals surface area contributed by atoms with Crippen molar-refractivity contribution in [3.8, 4) is 0 Å². The van der Waals surface area contributed by atoms with Crippen LogP contribution in [-0.2, 0) is 13.0 Å². The van der Waals surface area contributed by atoms with Crippen molar-refractivity contribution >= 4 is 23.4 Å². The summed E-state index contributed by atoms with van der Waals surface area (Å²) in [6, 6.07) is 18.8. The molecule has 0 spiro atoms. The smallest absolute Gasteiger partial charge is 0.0958 e. The van der Waals surface area contributed by atoms with E-state index in [4.69, 9.17) is 0 Å². The third-order valence-corrected chi connectivity index (χ3v) is 3.01. The quantitative estimate of drug-likeness (QED) is 0.700. The number of aromatic nitrogens is 2. The van der Waals surface area contributed by atoms with Crippen molar-refractivity contribution < 1.29 is 0 Å². The summed E-state index contributed by atoms with van der Waals surface area (Å²) >= 11 is 0. The maximum Gasteiger partial charge on any atom is 0.0958 e. The molecular formula is C15H15ClN2. The summed E-state index contributed by atoms with van der Waals surface area (Å²) in [6.07, 6.45) is 2.97. The second-order valence-electron chi connectivity index (χ2n) is 4.16. The molecule has 1 aromatic heterocycles.